The van der Waals surface area contributed by atoms with E-state index >= 15 is 0 Å². The number of rotatable bonds is 4. The maximum atomic E-state index is 4.69. The first-order chi connectivity index (χ1) is 11.4. The first-order valence-corrected chi connectivity index (χ1v) is 7.95. The highest BCUT2D eigenvalue weighted by Crippen LogP contribution is 2.40. The fourth-order valence-corrected chi connectivity index (χ4v) is 3.31. The molecule has 0 amide bonds. The number of hydrogen-bond donors (Lipinski definition) is 0. The van der Waals surface area contributed by atoms with Crippen LogP contribution >= 0.6 is 0 Å². The summed E-state index contributed by atoms with van der Waals surface area (Å²) in [6.07, 6.45) is 2.10. The number of aliphatic imine (C=N–C) groups is 1. The summed E-state index contributed by atoms with van der Waals surface area (Å²) in [6, 6.07) is 29.8. The van der Waals surface area contributed by atoms with Crippen LogP contribution in [0.5, 0.6) is 0 Å². The van der Waals surface area contributed by atoms with Crippen LogP contribution in [0, 0.1) is 0 Å². The van der Waals surface area contributed by atoms with Crippen molar-refractivity contribution in [2.45, 2.75) is 13.1 Å². The predicted molar refractivity (Wildman–Crippen MR) is 96.7 cm³/mol. The van der Waals surface area contributed by atoms with E-state index in [9.17, 15) is 0 Å². The Bertz CT molecular complexity index is 781. The lowest BCUT2D eigenvalue weighted by atomic mass is 10.1. The Kier molecular flexibility index (Phi) is 3.52. The number of quaternary nitrogens is 1. The van der Waals surface area contributed by atoms with E-state index in [1.165, 1.54) is 16.8 Å². The van der Waals surface area contributed by atoms with E-state index in [-0.39, 0.29) is 0 Å². The van der Waals surface area contributed by atoms with E-state index in [0.717, 1.165) is 23.3 Å². The van der Waals surface area contributed by atoms with E-state index in [1.807, 2.05) is 0 Å². The van der Waals surface area contributed by atoms with E-state index < -0.39 is 0 Å². The maximum absolute atomic E-state index is 4.69. The maximum Gasteiger partial charge on any atom is 0.196 e. The van der Waals surface area contributed by atoms with Crippen molar-refractivity contribution in [1.29, 1.82) is 0 Å². The highest BCUT2D eigenvalue weighted by molar-refractivity contribution is 5.88. The average Bonchev–Trinajstić information content (AvgIpc) is 2.96. The molecule has 0 N–H and O–H groups in total. The van der Waals surface area contributed by atoms with Crippen LogP contribution < -0.4 is 4.48 Å². The normalized spacial score (nSPS) is 14.6. The molecule has 0 aliphatic carbocycles. The Labute approximate surface area is 136 Å². The molecule has 0 saturated heterocycles. The summed E-state index contributed by atoms with van der Waals surface area (Å²) in [4.78, 5) is 4.69. The zero-order valence-electron chi connectivity index (χ0n) is 13.0. The number of fused-ring (bicyclic) bond motifs is 1. The van der Waals surface area contributed by atoms with Gasteiger partial charge in [-0.2, -0.15) is 4.99 Å². The third-order valence-corrected chi connectivity index (χ3v) is 4.39. The van der Waals surface area contributed by atoms with Gasteiger partial charge in [-0.3, -0.25) is 0 Å². The summed E-state index contributed by atoms with van der Waals surface area (Å²) in [5.41, 5.74) is 5.01. The average molecular weight is 299 g/mol. The Morgan fingerprint density at radius 2 is 1.13 bits per heavy atom. The minimum Gasteiger partial charge on any atom is -0.239 e. The van der Waals surface area contributed by atoms with E-state index in [0.29, 0.717) is 0 Å². The van der Waals surface area contributed by atoms with Crippen molar-refractivity contribution >= 4 is 17.7 Å². The van der Waals surface area contributed by atoms with Gasteiger partial charge in [-0.05, 0) is 6.07 Å². The van der Waals surface area contributed by atoms with Crippen molar-refractivity contribution in [1.82, 2.24) is 4.48 Å². The fraction of sp³-hybridized carbons (Fsp3) is 0.0952. The van der Waals surface area contributed by atoms with Gasteiger partial charge in [-0.15, -0.1) is 0 Å². The summed E-state index contributed by atoms with van der Waals surface area (Å²) < 4.78 is 0.740. The molecule has 112 valence electrons. The van der Waals surface area contributed by atoms with Gasteiger partial charge in [0.25, 0.3) is 0 Å². The van der Waals surface area contributed by atoms with Crippen molar-refractivity contribution in [3.8, 4) is 0 Å². The molecule has 3 aromatic rings. The van der Waals surface area contributed by atoms with Gasteiger partial charge in [0, 0.05) is 17.2 Å². The standard InChI is InChI=1S/C21H19N2/c1-3-9-18(10-4-1)15-23(16-19-11-5-2-6-12-19)17-22-20-13-7-8-14-21(20)23/h1-14,17H,15-16H2/q+1. The summed E-state index contributed by atoms with van der Waals surface area (Å²) in [6.45, 7) is 1.83. The van der Waals surface area contributed by atoms with E-state index in [2.05, 4.69) is 91.3 Å². The molecule has 0 radical (unpaired) electrons. The second kappa shape index (κ2) is 5.82. The third kappa shape index (κ3) is 2.69. The smallest absolute Gasteiger partial charge is 0.196 e. The van der Waals surface area contributed by atoms with Crippen molar-refractivity contribution < 1.29 is 0 Å². The summed E-state index contributed by atoms with van der Waals surface area (Å²) in [5.74, 6) is 0. The minimum absolute atomic E-state index is 0.740. The number of hydrogen-bond acceptors (Lipinski definition) is 1. The largest absolute Gasteiger partial charge is 0.239 e. The van der Waals surface area contributed by atoms with E-state index in [1.54, 1.807) is 0 Å². The van der Waals surface area contributed by atoms with Gasteiger partial charge < -0.3 is 0 Å². The van der Waals surface area contributed by atoms with Crippen molar-refractivity contribution in [3.05, 3.63) is 96.1 Å². The molecule has 0 unspecified atom stereocenters. The summed E-state index contributed by atoms with van der Waals surface area (Å²) in [5, 5.41) is 0. The van der Waals surface area contributed by atoms with E-state index in [4.69, 9.17) is 4.99 Å². The van der Waals surface area contributed by atoms with Crippen molar-refractivity contribution in [2.75, 3.05) is 0 Å². The molecular formula is C21H19N2+. The molecule has 0 aromatic heterocycles. The Morgan fingerprint density at radius 3 is 1.74 bits per heavy atom. The van der Waals surface area contributed by atoms with Crippen LogP contribution in [0.15, 0.2) is 89.9 Å². The van der Waals surface area contributed by atoms with Crippen LogP contribution in [0.1, 0.15) is 11.1 Å². The molecule has 2 heteroatoms. The molecule has 0 fully saturated rings. The van der Waals surface area contributed by atoms with Crippen LogP contribution in [0.3, 0.4) is 0 Å². The third-order valence-electron chi connectivity index (χ3n) is 4.39. The van der Waals surface area contributed by atoms with Gasteiger partial charge in [-0.1, -0.05) is 72.8 Å². The Morgan fingerprint density at radius 1 is 0.609 bits per heavy atom. The number of benzene rings is 3. The second-order valence-electron chi connectivity index (χ2n) is 6.05. The lowest BCUT2D eigenvalue weighted by molar-refractivity contribution is 0.416. The summed E-state index contributed by atoms with van der Waals surface area (Å²) in [7, 11) is 0. The molecule has 2 nitrogen and oxygen atoms in total. The zero-order valence-corrected chi connectivity index (χ0v) is 13.0. The highest BCUT2D eigenvalue weighted by Gasteiger charge is 2.36. The van der Waals surface area contributed by atoms with Crippen LogP contribution in [0.4, 0.5) is 11.4 Å². The highest BCUT2D eigenvalue weighted by atomic mass is 15.4. The van der Waals surface area contributed by atoms with Gasteiger partial charge >= 0.3 is 0 Å². The molecule has 0 saturated carbocycles. The lowest BCUT2D eigenvalue weighted by Crippen LogP contribution is -2.44. The minimum atomic E-state index is 0.740. The zero-order chi connectivity index (χ0) is 15.5. The Balaban J connectivity index is 1.77. The van der Waals surface area contributed by atoms with Crippen LogP contribution in [0.25, 0.3) is 0 Å². The topological polar surface area (TPSA) is 12.4 Å². The number of para-hydroxylation sites is 2. The molecule has 3 aromatic carbocycles. The molecule has 23 heavy (non-hydrogen) atoms. The molecule has 1 heterocycles. The van der Waals surface area contributed by atoms with Gasteiger partial charge in [0.2, 0.25) is 0 Å². The molecule has 4 rings (SSSR count). The molecule has 0 atom stereocenters. The molecular weight excluding hydrogens is 280 g/mol. The monoisotopic (exact) mass is 299 g/mol. The van der Waals surface area contributed by atoms with Gasteiger partial charge in [0.1, 0.15) is 18.8 Å². The van der Waals surface area contributed by atoms with Crippen LogP contribution in [-0.2, 0) is 13.1 Å². The first kappa shape index (κ1) is 13.9. The summed E-state index contributed by atoms with van der Waals surface area (Å²) >= 11 is 0. The van der Waals surface area contributed by atoms with Gasteiger partial charge in [0.15, 0.2) is 12.0 Å². The lowest BCUT2D eigenvalue weighted by Gasteiger charge is -2.31. The molecule has 1 aliphatic heterocycles. The molecule has 0 bridgehead atoms. The second-order valence-corrected chi connectivity index (χ2v) is 6.05. The van der Waals surface area contributed by atoms with Crippen LogP contribution in [-0.4, -0.2) is 6.34 Å². The molecule has 1 aliphatic rings. The fourth-order valence-electron chi connectivity index (χ4n) is 3.31. The van der Waals surface area contributed by atoms with Gasteiger partial charge in [0.05, 0.1) is 0 Å². The van der Waals surface area contributed by atoms with Crippen molar-refractivity contribution in [3.63, 3.8) is 0 Å². The Hall–Kier alpha value is -2.71. The van der Waals surface area contributed by atoms with Crippen molar-refractivity contribution in [2.24, 2.45) is 4.99 Å². The molecule has 0 spiro atoms. The van der Waals surface area contributed by atoms with Crippen LogP contribution in [0.2, 0.25) is 0 Å². The number of nitrogens with zero attached hydrogens (tertiary/aromatic N) is 2. The first-order valence-electron chi connectivity index (χ1n) is 7.95. The van der Waals surface area contributed by atoms with Gasteiger partial charge in [-0.25, -0.2) is 4.48 Å². The SMILES string of the molecule is C1=Nc2ccccc2[N+]1(Cc1ccccc1)Cc1ccccc1. The quantitative estimate of drug-likeness (QED) is 0.597. The predicted octanol–water partition coefficient (Wildman–Crippen LogP) is 5.07.